The van der Waals surface area contributed by atoms with Crippen LogP contribution < -0.4 is 34.7 Å². The number of nitrogens with zero attached hydrogens (tertiary/aromatic N) is 2. The molecular weight excluding hydrogens is 297 g/mol. The molecule has 0 spiro atoms. The van der Waals surface area contributed by atoms with E-state index >= 15 is 0 Å². The van der Waals surface area contributed by atoms with Crippen LogP contribution in [0, 0.1) is 0 Å². The van der Waals surface area contributed by atoms with E-state index in [1.807, 2.05) is 0 Å². The van der Waals surface area contributed by atoms with E-state index in [1.165, 1.54) is 0 Å². The van der Waals surface area contributed by atoms with E-state index in [2.05, 4.69) is 15.2 Å². The average molecular weight is 311 g/mol. The van der Waals surface area contributed by atoms with Gasteiger partial charge in [0.15, 0.2) is 5.82 Å². The summed E-state index contributed by atoms with van der Waals surface area (Å²) in [4.78, 5) is 26.7. The van der Waals surface area contributed by atoms with Crippen molar-refractivity contribution in [3.8, 4) is 0 Å². The van der Waals surface area contributed by atoms with Gasteiger partial charge in [-0.05, 0) is 12.5 Å². The zero-order valence-electron chi connectivity index (χ0n) is 12.4. The van der Waals surface area contributed by atoms with E-state index in [4.69, 9.17) is 4.74 Å². The Kier molecular flexibility index (Phi) is 7.23. The molecule has 2 aromatic rings. The van der Waals surface area contributed by atoms with Gasteiger partial charge in [0, 0.05) is 0 Å². The van der Waals surface area contributed by atoms with Gasteiger partial charge in [-0.2, -0.15) is 5.10 Å². The monoisotopic (exact) mass is 311 g/mol. The van der Waals surface area contributed by atoms with E-state index in [0.717, 1.165) is 0 Å². The van der Waals surface area contributed by atoms with Crippen LogP contribution in [0.1, 0.15) is 30.1 Å². The smallest absolute Gasteiger partial charge is 0.549 e. The predicted molar refractivity (Wildman–Crippen MR) is 70.0 cm³/mol. The number of carbonyl (C=O) groups is 2. The summed E-state index contributed by atoms with van der Waals surface area (Å²) in [6.07, 6.45) is -0.0879. The first-order chi connectivity index (χ1) is 10.1. The molecule has 1 atom stereocenters. The summed E-state index contributed by atoms with van der Waals surface area (Å²) in [5, 5.41) is 17.7. The molecule has 0 amide bonds. The molecule has 1 unspecified atom stereocenters. The van der Waals surface area contributed by atoms with Crippen LogP contribution in [0.3, 0.4) is 0 Å². The molecular formula is C14H14N3NaO4. The predicted octanol–water partition coefficient (Wildman–Crippen LogP) is -3.20. The Morgan fingerprint density at radius 1 is 1.32 bits per heavy atom. The van der Waals surface area contributed by atoms with Crippen molar-refractivity contribution < 1.29 is 49.0 Å². The van der Waals surface area contributed by atoms with Crippen LogP contribution in [0.15, 0.2) is 30.3 Å². The molecule has 0 aliphatic rings. The number of carboxylic acid groups (broad SMARTS) is 1. The molecule has 0 fully saturated rings. The first kappa shape index (κ1) is 18.3. The second-order valence-electron chi connectivity index (χ2n) is 4.28. The molecule has 1 aromatic carbocycles. The molecule has 0 aliphatic carbocycles. The fourth-order valence-corrected chi connectivity index (χ4v) is 1.90. The van der Waals surface area contributed by atoms with Crippen molar-refractivity contribution >= 4 is 11.9 Å². The van der Waals surface area contributed by atoms with Crippen molar-refractivity contribution in [2.24, 2.45) is 0 Å². The Hall–Kier alpha value is -1.70. The maximum Gasteiger partial charge on any atom is 1.00 e. The summed E-state index contributed by atoms with van der Waals surface area (Å²) >= 11 is 0. The molecule has 1 aromatic heterocycles. The summed E-state index contributed by atoms with van der Waals surface area (Å²) in [7, 11) is 0. The number of nitrogens with one attached hydrogen (secondary N) is 1. The van der Waals surface area contributed by atoms with Crippen LogP contribution in [-0.4, -0.2) is 33.7 Å². The van der Waals surface area contributed by atoms with Crippen molar-refractivity contribution in [3.05, 3.63) is 47.5 Å². The van der Waals surface area contributed by atoms with E-state index in [0.29, 0.717) is 5.56 Å². The quantitative estimate of drug-likeness (QED) is 0.444. The standard InChI is InChI=1S/C14H15N3O4.Na/c1-2-21-11(18)8-10-15-13(17-16-10)12(14(19)20)9-6-4-3-5-7-9;/h3-7,12H,2,8H2,1H3,(H,19,20)(H,15,16,17);/q;+1/p-1. The molecule has 1 N–H and O–H groups in total. The maximum atomic E-state index is 11.4. The number of hydrogen-bond donors (Lipinski definition) is 1. The number of aromatic nitrogens is 3. The number of carboxylic acids is 1. The summed E-state index contributed by atoms with van der Waals surface area (Å²) in [6.45, 7) is 1.97. The Balaban J connectivity index is 0.00000242. The Bertz CT molecular complexity index is 630. The Labute approximate surface area is 149 Å². The molecule has 2 rings (SSSR count). The first-order valence-corrected chi connectivity index (χ1v) is 6.44. The minimum absolute atomic E-state index is 0. The third-order valence-corrected chi connectivity index (χ3v) is 2.79. The molecule has 0 bridgehead atoms. The van der Waals surface area contributed by atoms with Gasteiger partial charge in [0.2, 0.25) is 0 Å². The van der Waals surface area contributed by atoms with Crippen LogP contribution in [0.4, 0.5) is 0 Å². The molecule has 0 aliphatic heterocycles. The van der Waals surface area contributed by atoms with Gasteiger partial charge in [-0.3, -0.25) is 9.89 Å². The molecule has 1 heterocycles. The maximum absolute atomic E-state index is 11.4. The van der Waals surface area contributed by atoms with Crippen molar-refractivity contribution in [1.82, 2.24) is 15.2 Å². The number of carbonyl (C=O) groups excluding carboxylic acids is 2. The van der Waals surface area contributed by atoms with Gasteiger partial charge in [0.1, 0.15) is 12.2 Å². The molecule has 0 saturated heterocycles. The number of aliphatic carboxylic acids is 1. The molecule has 8 heteroatoms. The number of hydrogen-bond acceptors (Lipinski definition) is 6. The zero-order valence-corrected chi connectivity index (χ0v) is 14.4. The molecule has 110 valence electrons. The Morgan fingerprint density at radius 2 is 2.00 bits per heavy atom. The van der Waals surface area contributed by atoms with E-state index in [9.17, 15) is 14.7 Å². The topological polar surface area (TPSA) is 108 Å². The summed E-state index contributed by atoms with van der Waals surface area (Å²) in [5.41, 5.74) is 0.513. The number of aromatic amines is 1. The van der Waals surface area contributed by atoms with Crippen molar-refractivity contribution in [2.75, 3.05) is 6.61 Å². The number of rotatable bonds is 6. The van der Waals surface area contributed by atoms with Gasteiger partial charge >= 0.3 is 35.5 Å². The minimum atomic E-state index is -1.30. The summed E-state index contributed by atoms with van der Waals surface area (Å²) in [5.74, 6) is -2.53. The SMILES string of the molecule is CCOC(=O)Cc1nc(C(C(=O)[O-])c2ccccc2)n[nH]1.[Na+]. The van der Waals surface area contributed by atoms with Crippen LogP contribution in [0.2, 0.25) is 0 Å². The zero-order chi connectivity index (χ0) is 15.2. The number of H-pyrrole nitrogens is 1. The third-order valence-electron chi connectivity index (χ3n) is 2.79. The summed E-state index contributed by atoms with van der Waals surface area (Å²) < 4.78 is 4.79. The van der Waals surface area contributed by atoms with Gasteiger partial charge in [0.25, 0.3) is 0 Å². The number of benzene rings is 1. The van der Waals surface area contributed by atoms with Gasteiger partial charge in [-0.15, -0.1) is 0 Å². The Morgan fingerprint density at radius 3 is 2.59 bits per heavy atom. The number of esters is 1. The van der Waals surface area contributed by atoms with Crippen LogP contribution in [0.25, 0.3) is 0 Å². The second kappa shape index (κ2) is 8.67. The van der Waals surface area contributed by atoms with Gasteiger partial charge < -0.3 is 14.6 Å². The first-order valence-electron chi connectivity index (χ1n) is 6.44. The fraction of sp³-hybridized carbons (Fsp3) is 0.286. The van der Waals surface area contributed by atoms with Crippen molar-refractivity contribution in [3.63, 3.8) is 0 Å². The largest absolute Gasteiger partial charge is 1.00 e. The molecule has 22 heavy (non-hydrogen) atoms. The van der Waals surface area contributed by atoms with Gasteiger partial charge in [0.05, 0.1) is 18.5 Å². The molecule has 0 radical (unpaired) electrons. The molecule has 0 saturated carbocycles. The van der Waals surface area contributed by atoms with Crippen molar-refractivity contribution in [1.29, 1.82) is 0 Å². The van der Waals surface area contributed by atoms with Crippen LogP contribution in [0.5, 0.6) is 0 Å². The number of ether oxygens (including phenoxy) is 1. The normalized spacial score (nSPS) is 11.3. The van der Waals surface area contributed by atoms with E-state index < -0.39 is 17.9 Å². The average Bonchev–Trinajstić information content (AvgIpc) is 2.88. The van der Waals surface area contributed by atoms with Crippen LogP contribution >= 0.6 is 0 Å². The minimum Gasteiger partial charge on any atom is -0.549 e. The third kappa shape index (κ3) is 4.66. The second-order valence-corrected chi connectivity index (χ2v) is 4.28. The molecule has 7 nitrogen and oxygen atoms in total. The summed E-state index contributed by atoms with van der Waals surface area (Å²) in [6, 6.07) is 8.53. The van der Waals surface area contributed by atoms with E-state index in [-0.39, 0.29) is 54.2 Å². The van der Waals surface area contributed by atoms with Gasteiger partial charge in [-0.25, -0.2) is 4.98 Å². The van der Waals surface area contributed by atoms with Gasteiger partial charge in [-0.1, -0.05) is 30.3 Å². The fourth-order valence-electron chi connectivity index (χ4n) is 1.90. The van der Waals surface area contributed by atoms with Crippen molar-refractivity contribution in [2.45, 2.75) is 19.3 Å². The van der Waals surface area contributed by atoms with E-state index in [1.54, 1.807) is 37.3 Å². The van der Waals surface area contributed by atoms with Crippen LogP contribution in [-0.2, 0) is 20.7 Å².